The van der Waals surface area contributed by atoms with Crippen molar-refractivity contribution < 1.29 is 13.2 Å². The van der Waals surface area contributed by atoms with E-state index in [1.165, 1.54) is 0 Å². The van der Waals surface area contributed by atoms with E-state index < -0.39 is 9.84 Å². The molecule has 2 aromatic rings. The maximum absolute atomic E-state index is 11.3. The summed E-state index contributed by atoms with van der Waals surface area (Å²) in [6.07, 6.45) is 1.10. The minimum absolute atomic E-state index is 0.000993. The van der Waals surface area contributed by atoms with Crippen LogP contribution in [-0.4, -0.2) is 24.9 Å². The summed E-state index contributed by atoms with van der Waals surface area (Å²) in [6.45, 7) is 2.05. The summed E-state index contributed by atoms with van der Waals surface area (Å²) in [5.74, 6) is 0.681. The summed E-state index contributed by atoms with van der Waals surface area (Å²) in [5.41, 5.74) is 0.903. The normalized spacial score (nSPS) is 11.5. The minimum atomic E-state index is -3.31. The van der Waals surface area contributed by atoms with Crippen LogP contribution >= 0.6 is 22.9 Å². The molecule has 0 aliphatic rings. The van der Waals surface area contributed by atoms with Crippen LogP contribution in [0.15, 0.2) is 22.5 Å². The minimum Gasteiger partial charge on any atom is -0.486 e. The number of halogens is 1. The Morgan fingerprint density at radius 3 is 2.68 bits per heavy atom. The average Bonchev–Trinajstić information content (AvgIpc) is 2.76. The molecule has 0 atom stereocenters. The average molecular weight is 319 g/mol. The number of sulfone groups is 1. The summed E-state index contributed by atoms with van der Waals surface area (Å²) in [5, 5.41) is 8.55. The van der Waals surface area contributed by atoms with Crippen molar-refractivity contribution in [3.05, 3.63) is 33.8 Å². The van der Waals surface area contributed by atoms with Gasteiger partial charge >= 0.3 is 0 Å². The Kier molecular flexibility index (Phi) is 4.07. The van der Waals surface area contributed by atoms with Crippen LogP contribution in [0.2, 0.25) is 5.02 Å². The molecule has 1 aromatic carbocycles. The Hall–Kier alpha value is -1.18. The second kappa shape index (κ2) is 5.44. The zero-order valence-electron chi connectivity index (χ0n) is 10.3. The van der Waals surface area contributed by atoms with Crippen LogP contribution in [0.25, 0.3) is 0 Å². The van der Waals surface area contributed by atoms with Gasteiger partial charge in [0.1, 0.15) is 12.4 Å². The number of ether oxygens (including phenoxy) is 1. The Labute approximate surface area is 120 Å². The van der Waals surface area contributed by atoms with Crippen molar-refractivity contribution in [2.45, 2.75) is 17.9 Å². The van der Waals surface area contributed by atoms with Gasteiger partial charge in [-0.3, -0.25) is 0 Å². The molecular formula is C11H11ClN2O3S2. The van der Waals surface area contributed by atoms with E-state index in [1.807, 2.05) is 6.92 Å². The van der Waals surface area contributed by atoms with Crippen LogP contribution in [0.3, 0.4) is 0 Å². The van der Waals surface area contributed by atoms with Gasteiger partial charge in [-0.05, 0) is 30.7 Å². The Bertz CT molecular complexity index is 698. The first kappa shape index (κ1) is 14.2. The standard InChI is InChI=1S/C11H11ClN2O3S2/c1-7-5-8(12)3-4-9(7)17-6-10-13-14-11(18-10)19(2,15)16/h3-5H,6H2,1-2H3. The largest absolute Gasteiger partial charge is 0.486 e. The molecule has 1 aromatic heterocycles. The molecular weight excluding hydrogens is 308 g/mol. The summed E-state index contributed by atoms with van der Waals surface area (Å²) in [4.78, 5) is 0. The van der Waals surface area contributed by atoms with E-state index in [-0.39, 0.29) is 10.9 Å². The quantitative estimate of drug-likeness (QED) is 0.866. The molecule has 19 heavy (non-hydrogen) atoms. The molecule has 0 amide bonds. The van der Waals surface area contributed by atoms with Crippen molar-refractivity contribution in [1.82, 2.24) is 10.2 Å². The fourth-order valence-electron chi connectivity index (χ4n) is 1.36. The number of nitrogens with zero attached hydrogens (tertiary/aromatic N) is 2. The van der Waals surface area contributed by atoms with Gasteiger partial charge in [-0.15, -0.1) is 10.2 Å². The lowest BCUT2D eigenvalue weighted by Gasteiger charge is -2.07. The zero-order valence-corrected chi connectivity index (χ0v) is 12.6. The molecule has 8 heteroatoms. The molecule has 0 fully saturated rings. The van der Waals surface area contributed by atoms with Crippen LogP contribution < -0.4 is 4.74 Å². The molecule has 0 bridgehead atoms. The molecule has 0 N–H and O–H groups in total. The molecule has 0 unspecified atom stereocenters. The van der Waals surface area contributed by atoms with Crippen molar-refractivity contribution in [1.29, 1.82) is 0 Å². The second-order valence-electron chi connectivity index (χ2n) is 3.93. The Balaban J connectivity index is 2.09. The maximum Gasteiger partial charge on any atom is 0.232 e. The number of aromatic nitrogens is 2. The maximum atomic E-state index is 11.3. The van der Waals surface area contributed by atoms with E-state index in [9.17, 15) is 8.42 Å². The molecule has 0 radical (unpaired) electrons. The highest BCUT2D eigenvalue weighted by atomic mass is 35.5. The van der Waals surface area contributed by atoms with E-state index in [4.69, 9.17) is 16.3 Å². The van der Waals surface area contributed by atoms with E-state index in [1.54, 1.807) is 18.2 Å². The van der Waals surface area contributed by atoms with Crippen LogP contribution in [0, 0.1) is 6.92 Å². The van der Waals surface area contributed by atoms with E-state index >= 15 is 0 Å². The van der Waals surface area contributed by atoms with Crippen molar-refractivity contribution in [2.24, 2.45) is 0 Å². The Morgan fingerprint density at radius 1 is 1.37 bits per heavy atom. The lowest BCUT2D eigenvalue weighted by Crippen LogP contribution is -1.96. The molecule has 5 nitrogen and oxygen atoms in total. The number of benzene rings is 1. The van der Waals surface area contributed by atoms with Gasteiger partial charge < -0.3 is 4.74 Å². The molecule has 0 spiro atoms. The third-order valence-corrected chi connectivity index (χ3v) is 5.05. The van der Waals surface area contributed by atoms with Gasteiger partial charge in [0, 0.05) is 11.3 Å². The summed E-state index contributed by atoms with van der Waals surface area (Å²) in [6, 6.07) is 5.28. The van der Waals surface area contributed by atoms with E-state index in [0.717, 1.165) is 23.2 Å². The van der Waals surface area contributed by atoms with E-state index in [0.29, 0.717) is 15.8 Å². The lowest BCUT2D eigenvalue weighted by atomic mass is 10.2. The van der Waals surface area contributed by atoms with Crippen molar-refractivity contribution in [3.8, 4) is 5.75 Å². The monoisotopic (exact) mass is 318 g/mol. The van der Waals surface area contributed by atoms with Gasteiger partial charge in [0.2, 0.25) is 14.2 Å². The SMILES string of the molecule is Cc1cc(Cl)ccc1OCc1nnc(S(C)(=O)=O)s1. The highest BCUT2D eigenvalue weighted by molar-refractivity contribution is 7.92. The van der Waals surface area contributed by atoms with Crippen molar-refractivity contribution in [2.75, 3.05) is 6.26 Å². The van der Waals surface area contributed by atoms with Crippen LogP contribution in [0.1, 0.15) is 10.6 Å². The number of aryl methyl sites for hydroxylation is 1. The number of rotatable bonds is 4. The van der Waals surface area contributed by atoms with Crippen molar-refractivity contribution >= 4 is 32.8 Å². The fraction of sp³-hybridized carbons (Fsp3) is 0.273. The molecule has 0 saturated carbocycles. The van der Waals surface area contributed by atoms with E-state index in [2.05, 4.69) is 10.2 Å². The fourth-order valence-corrected chi connectivity index (χ4v) is 3.15. The topological polar surface area (TPSA) is 69.2 Å². The first-order chi connectivity index (χ1) is 8.86. The molecule has 102 valence electrons. The Morgan fingerprint density at radius 2 is 2.11 bits per heavy atom. The summed E-state index contributed by atoms with van der Waals surface area (Å²) in [7, 11) is -3.31. The molecule has 0 saturated heterocycles. The van der Waals surface area contributed by atoms with Gasteiger partial charge in [-0.2, -0.15) is 0 Å². The summed E-state index contributed by atoms with van der Waals surface area (Å²) < 4.78 is 28.1. The van der Waals surface area contributed by atoms with Gasteiger partial charge in [-0.1, -0.05) is 22.9 Å². The molecule has 0 aliphatic heterocycles. The van der Waals surface area contributed by atoms with Crippen molar-refractivity contribution in [3.63, 3.8) is 0 Å². The van der Waals surface area contributed by atoms with Crippen LogP contribution in [-0.2, 0) is 16.4 Å². The molecule has 0 aliphatic carbocycles. The van der Waals surface area contributed by atoms with Gasteiger partial charge in [0.25, 0.3) is 0 Å². The first-order valence-corrected chi connectivity index (χ1v) is 8.36. The van der Waals surface area contributed by atoms with Gasteiger partial charge in [-0.25, -0.2) is 8.42 Å². The zero-order chi connectivity index (χ0) is 14.0. The van der Waals surface area contributed by atoms with Gasteiger partial charge in [0.15, 0.2) is 5.01 Å². The van der Waals surface area contributed by atoms with Crippen LogP contribution in [0.5, 0.6) is 5.75 Å². The van der Waals surface area contributed by atoms with Crippen LogP contribution in [0.4, 0.5) is 0 Å². The number of hydrogen-bond donors (Lipinski definition) is 0. The second-order valence-corrected chi connectivity index (χ2v) is 7.62. The first-order valence-electron chi connectivity index (χ1n) is 5.27. The van der Waals surface area contributed by atoms with Gasteiger partial charge in [0.05, 0.1) is 0 Å². The highest BCUT2D eigenvalue weighted by Crippen LogP contribution is 2.23. The lowest BCUT2D eigenvalue weighted by molar-refractivity contribution is 0.302. The predicted octanol–water partition coefficient (Wildman–Crippen LogP) is 2.48. The predicted molar refractivity (Wildman–Crippen MR) is 73.5 cm³/mol. The highest BCUT2D eigenvalue weighted by Gasteiger charge is 2.14. The summed E-state index contributed by atoms with van der Waals surface area (Å²) >= 11 is 6.85. The third-order valence-electron chi connectivity index (χ3n) is 2.25. The third kappa shape index (κ3) is 3.65. The number of hydrogen-bond acceptors (Lipinski definition) is 6. The molecule has 1 heterocycles. The molecule has 2 rings (SSSR count). The smallest absolute Gasteiger partial charge is 0.232 e.